The predicted molar refractivity (Wildman–Crippen MR) is 101 cm³/mol. The molecule has 0 aliphatic carbocycles. The molecule has 0 fully saturated rings. The molecule has 0 spiro atoms. The topological polar surface area (TPSA) is 101 Å². The van der Waals surface area contributed by atoms with Crippen LogP contribution >= 0.6 is 0 Å². The Morgan fingerprint density at radius 1 is 1.13 bits per heavy atom. The van der Waals surface area contributed by atoms with E-state index < -0.39 is 45.1 Å². The molecule has 3 aromatic rings. The van der Waals surface area contributed by atoms with Crippen molar-refractivity contribution in [3.8, 4) is 11.3 Å². The first-order valence-electron chi connectivity index (χ1n) is 8.73. The number of amides is 1. The van der Waals surface area contributed by atoms with Crippen molar-refractivity contribution in [2.24, 2.45) is 0 Å². The lowest BCUT2D eigenvalue weighted by Gasteiger charge is -2.14. The zero-order valence-corrected chi connectivity index (χ0v) is 16.4. The maximum absolute atomic E-state index is 15.3. The fraction of sp³-hybridized carbons (Fsp3) is 0.158. The summed E-state index contributed by atoms with van der Waals surface area (Å²) >= 11 is 0. The van der Waals surface area contributed by atoms with E-state index in [1.807, 2.05) is 5.32 Å². The number of halogens is 4. The average Bonchev–Trinajstić information content (AvgIpc) is 3.05. The zero-order chi connectivity index (χ0) is 22.8. The fourth-order valence-electron chi connectivity index (χ4n) is 2.94. The Hall–Kier alpha value is -3.41. The Morgan fingerprint density at radius 2 is 1.81 bits per heavy atom. The van der Waals surface area contributed by atoms with Gasteiger partial charge < -0.3 is 10.4 Å². The van der Waals surface area contributed by atoms with Gasteiger partial charge in [0.25, 0.3) is 10.0 Å². The molecular weight excluding hydrogens is 442 g/mol. The SMILES string of the molecule is O=C(O)NCCc1cn(S(=O)(=O)c2ccccc2)c(-c2cccnc2C(F)(F)F)c1F. The highest BCUT2D eigenvalue weighted by atomic mass is 32.2. The number of carbonyl (C=O) groups is 1. The largest absolute Gasteiger partial charge is 0.465 e. The Labute approximate surface area is 174 Å². The molecule has 2 heterocycles. The van der Waals surface area contributed by atoms with Crippen LogP contribution in [0.2, 0.25) is 0 Å². The van der Waals surface area contributed by atoms with Gasteiger partial charge in [0.2, 0.25) is 0 Å². The van der Waals surface area contributed by atoms with Crippen LogP contribution in [-0.2, 0) is 22.6 Å². The maximum atomic E-state index is 15.3. The number of aromatic nitrogens is 2. The van der Waals surface area contributed by atoms with Gasteiger partial charge in [0.05, 0.1) is 4.90 Å². The van der Waals surface area contributed by atoms with Crippen LogP contribution in [-0.4, -0.2) is 35.1 Å². The van der Waals surface area contributed by atoms with E-state index in [2.05, 4.69) is 4.98 Å². The van der Waals surface area contributed by atoms with Crippen molar-refractivity contribution in [2.75, 3.05) is 6.54 Å². The molecule has 0 aliphatic rings. The third-order valence-electron chi connectivity index (χ3n) is 4.29. The summed E-state index contributed by atoms with van der Waals surface area (Å²) in [5.41, 5.74) is -3.33. The molecule has 0 atom stereocenters. The van der Waals surface area contributed by atoms with Gasteiger partial charge in [-0.15, -0.1) is 0 Å². The highest BCUT2D eigenvalue weighted by molar-refractivity contribution is 7.90. The van der Waals surface area contributed by atoms with Crippen molar-refractivity contribution < 1.29 is 35.9 Å². The molecule has 1 amide bonds. The second kappa shape index (κ2) is 8.38. The molecule has 31 heavy (non-hydrogen) atoms. The molecule has 0 saturated heterocycles. The van der Waals surface area contributed by atoms with E-state index in [0.29, 0.717) is 3.97 Å². The minimum absolute atomic E-state index is 0.265. The summed E-state index contributed by atoms with van der Waals surface area (Å²) in [6.07, 6.45) is -4.93. The lowest BCUT2D eigenvalue weighted by atomic mass is 10.1. The summed E-state index contributed by atoms with van der Waals surface area (Å²) in [5, 5.41) is 10.7. The van der Waals surface area contributed by atoms with E-state index in [9.17, 15) is 26.4 Å². The van der Waals surface area contributed by atoms with Gasteiger partial charge in [0, 0.05) is 30.1 Å². The summed E-state index contributed by atoms with van der Waals surface area (Å²) < 4.78 is 82.4. The van der Waals surface area contributed by atoms with Crippen LogP contribution in [0.1, 0.15) is 11.3 Å². The molecule has 0 bridgehead atoms. The van der Waals surface area contributed by atoms with Crippen molar-refractivity contribution in [1.82, 2.24) is 14.3 Å². The summed E-state index contributed by atoms with van der Waals surface area (Å²) in [6, 6.07) is 8.85. The molecule has 2 N–H and O–H groups in total. The Balaban J connectivity index is 2.25. The number of pyridine rings is 1. The molecular formula is C19H15F4N3O4S. The molecule has 0 radical (unpaired) electrons. The minimum atomic E-state index is -4.97. The Kier molecular flexibility index (Phi) is 6.02. The molecule has 0 unspecified atom stereocenters. The van der Waals surface area contributed by atoms with Gasteiger partial charge in [-0.25, -0.2) is 21.6 Å². The van der Waals surface area contributed by atoms with Crippen molar-refractivity contribution in [3.63, 3.8) is 0 Å². The molecule has 1 aromatic carbocycles. The lowest BCUT2D eigenvalue weighted by molar-refractivity contribution is -0.140. The summed E-state index contributed by atoms with van der Waals surface area (Å²) in [4.78, 5) is 13.6. The first-order valence-corrected chi connectivity index (χ1v) is 10.2. The zero-order valence-electron chi connectivity index (χ0n) is 15.6. The van der Waals surface area contributed by atoms with Crippen LogP contribution in [0.15, 0.2) is 59.8 Å². The van der Waals surface area contributed by atoms with E-state index in [0.717, 1.165) is 24.5 Å². The van der Waals surface area contributed by atoms with Crippen molar-refractivity contribution in [3.05, 3.63) is 71.9 Å². The maximum Gasteiger partial charge on any atom is 0.434 e. The Morgan fingerprint density at radius 3 is 2.42 bits per heavy atom. The standard InChI is InChI=1S/C19H15F4N3O4S/c20-15-12(8-10-25-18(27)28)11-26(31(29,30)13-5-2-1-3-6-13)16(15)14-7-4-9-24-17(14)19(21,22)23/h1-7,9,11,25H,8,10H2,(H,27,28). The summed E-state index contributed by atoms with van der Waals surface area (Å²) in [6.45, 7) is -0.278. The number of nitrogens with zero attached hydrogens (tertiary/aromatic N) is 2. The van der Waals surface area contributed by atoms with E-state index >= 15 is 4.39 Å². The molecule has 12 heteroatoms. The van der Waals surface area contributed by atoms with Crippen LogP contribution in [0.3, 0.4) is 0 Å². The first kappa shape index (κ1) is 22.3. The van der Waals surface area contributed by atoms with Gasteiger partial charge in [0.1, 0.15) is 5.69 Å². The number of rotatable bonds is 6. The number of hydrogen-bond donors (Lipinski definition) is 2. The van der Waals surface area contributed by atoms with Crippen molar-refractivity contribution in [2.45, 2.75) is 17.5 Å². The molecule has 3 rings (SSSR count). The third-order valence-corrected chi connectivity index (χ3v) is 5.96. The average molecular weight is 457 g/mol. The van der Waals surface area contributed by atoms with Gasteiger partial charge in [0.15, 0.2) is 11.5 Å². The van der Waals surface area contributed by atoms with Gasteiger partial charge in [-0.05, 0) is 30.7 Å². The number of hydrogen-bond acceptors (Lipinski definition) is 4. The number of nitrogens with one attached hydrogen (secondary N) is 1. The fourth-order valence-corrected chi connectivity index (χ4v) is 4.36. The van der Waals surface area contributed by atoms with E-state index in [4.69, 9.17) is 5.11 Å². The van der Waals surface area contributed by atoms with Gasteiger partial charge >= 0.3 is 12.3 Å². The summed E-state index contributed by atoms with van der Waals surface area (Å²) in [5.74, 6) is -1.22. The minimum Gasteiger partial charge on any atom is -0.465 e. The lowest BCUT2D eigenvalue weighted by Crippen LogP contribution is -2.23. The predicted octanol–water partition coefficient (Wildman–Crippen LogP) is 3.76. The van der Waals surface area contributed by atoms with Crippen LogP contribution in [0.5, 0.6) is 0 Å². The molecule has 0 saturated carbocycles. The number of benzene rings is 1. The summed E-state index contributed by atoms with van der Waals surface area (Å²) in [7, 11) is -4.48. The number of carboxylic acid groups (broad SMARTS) is 1. The highest BCUT2D eigenvalue weighted by Gasteiger charge is 2.38. The molecule has 164 valence electrons. The first-order chi connectivity index (χ1) is 14.5. The quantitative estimate of drug-likeness (QED) is 0.549. The monoisotopic (exact) mass is 457 g/mol. The third kappa shape index (κ3) is 4.53. The van der Waals surface area contributed by atoms with E-state index in [1.165, 1.54) is 24.3 Å². The normalized spacial score (nSPS) is 12.0. The van der Waals surface area contributed by atoms with E-state index in [-0.39, 0.29) is 23.4 Å². The van der Waals surface area contributed by atoms with Crippen molar-refractivity contribution in [1.29, 1.82) is 0 Å². The van der Waals surface area contributed by atoms with Crippen LogP contribution in [0.4, 0.5) is 22.4 Å². The smallest absolute Gasteiger partial charge is 0.434 e. The molecule has 7 nitrogen and oxygen atoms in total. The van der Waals surface area contributed by atoms with Crippen LogP contribution in [0, 0.1) is 5.82 Å². The number of alkyl halides is 3. The second-order valence-electron chi connectivity index (χ2n) is 6.31. The highest BCUT2D eigenvalue weighted by Crippen LogP contribution is 2.38. The van der Waals surface area contributed by atoms with Gasteiger partial charge in [-0.3, -0.25) is 4.98 Å². The van der Waals surface area contributed by atoms with Gasteiger partial charge in [-0.1, -0.05) is 18.2 Å². The van der Waals surface area contributed by atoms with Crippen LogP contribution in [0.25, 0.3) is 11.3 Å². The van der Waals surface area contributed by atoms with E-state index in [1.54, 1.807) is 6.07 Å². The molecule has 0 aliphatic heterocycles. The second-order valence-corrected chi connectivity index (χ2v) is 8.13. The van der Waals surface area contributed by atoms with Gasteiger partial charge in [-0.2, -0.15) is 13.2 Å². The molecule has 2 aromatic heterocycles. The Bertz CT molecular complexity index is 1210. The van der Waals surface area contributed by atoms with Crippen LogP contribution < -0.4 is 5.32 Å². The van der Waals surface area contributed by atoms with Crippen molar-refractivity contribution >= 4 is 16.1 Å².